The number of methoxy groups -OCH3 is 1. The van der Waals surface area contributed by atoms with Crippen molar-refractivity contribution in [2.75, 3.05) is 32.1 Å². The minimum Gasteiger partial charge on any atom is -0.444 e. The number of pyridine rings is 1. The van der Waals surface area contributed by atoms with Crippen molar-refractivity contribution in [1.29, 1.82) is 0 Å². The van der Waals surface area contributed by atoms with Gasteiger partial charge >= 0.3 is 6.09 Å². The van der Waals surface area contributed by atoms with Crippen LogP contribution in [0, 0.1) is 0 Å². The number of benzene rings is 1. The molecule has 2 amide bonds. The third-order valence-corrected chi connectivity index (χ3v) is 9.65. The van der Waals surface area contributed by atoms with Crippen molar-refractivity contribution < 1.29 is 19.1 Å². The molecule has 45 heavy (non-hydrogen) atoms. The molecule has 1 aliphatic heterocycles. The largest absolute Gasteiger partial charge is 0.444 e. The van der Waals surface area contributed by atoms with Crippen molar-refractivity contribution in [3.05, 3.63) is 53.2 Å². The normalized spacial score (nSPS) is 16.1. The molecule has 242 valence electrons. The van der Waals surface area contributed by atoms with Crippen molar-refractivity contribution >= 4 is 49.9 Å². The average molecular weight is 652 g/mol. The number of carbonyl (C=O) groups excluding carboxylic acids is 2. The second-order valence-corrected chi connectivity index (χ2v) is 13.8. The van der Waals surface area contributed by atoms with Crippen molar-refractivity contribution in [3.8, 4) is 21.7 Å². The Morgan fingerprint density at radius 1 is 1.09 bits per heavy atom. The van der Waals surface area contributed by atoms with Gasteiger partial charge in [0, 0.05) is 61.1 Å². The van der Waals surface area contributed by atoms with E-state index in [0.717, 1.165) is 47.4 Å². The first-order valence-electron chi connectivity index (χ1n) is 15.5. The summed E-state index contributed by atoms with van der Waals surface area (Å²) in [5.41, 5.74) is 4.47. The molecular formula is C34H45N5O4S2. The van der Waals surface area contributed by atoms with Gasteiger partial charge in [0.05, 0.1) is 22.9 Å². The van der Waals surface area contributed by atoms with Gasteiger partial charge in [-0.15, -0.1) is 22.7 Å². The summed E-state index contributed by atoms with van der Waals surface area (Å²) in [6.07, 6.45) is 4.25. The molecule has 3 aromatic heterocycles. The first kappa shape index (κ1) is 34.5. The van der Waals surface area contributed by atoms with Crippen LogP contribution in [-0.4, -0.2) is 65.3 Å². The average Bonchev–Trinajstić information content (AvgIpc) is 3.58. The fraction of sp³-hybridized carbons (Fsp3) is 0.471. The SMILES string of the molecule is CC.COCCNCCC(=O)Nc1sc2c(c1-c1nc3cc(-c4cccnc4)ccc3s1)CC(C)N(C(=O)OC(C)(C)C)C2C. The Bertz CT molecular complexity index is 1600. The smallest absolute Gasteiger partial charge is 0.411 e. The van der Waals surface area contributed by atoms with Gasteiger partial charge in [0.25, 0.3) is 0 Å². The van der Waals surface area contributed by atoms with E-state index in [-0.39, 0.29) is 24.1 Å². The zero-order chi connectivity index (χ0) is 32.7. The molecule has 0 fully saturated rings. The number of fused-ring (bicyclic) bond motifs is 2. The summed E-state index contributed by atoms with van der Waals surface area (Å²) in [4.78, 5) is 38.6. The van der Waals surface area contributed by atoms with Gasteiger partial charge < -0.3 is 20.1 Å². The Morgan fingerprint density at radius 2 is 1.87 bits per heavy atom. The Hall–Kier alpha value is -3.38. The van der Waals surface area contributed by atoms with E-state index in [1.54, 1.807) is 24.6 Å². The molecule has 5 rings (SSSR count). The zero-order valence-corrected chi connectivity index (χ0v) is 29.2. The van der Waals surface area contributed by atoms with Crippen molar-refractivity contribution in [2.45, 2.75) is 79.0 Å². The maximum Gasteiger partial charge on any atom is 0.411 e. The summed E-state index contributed by atoms with van der Waals surface area (Å²) in [7, 11) is 1.65. The molecule has 2 atom stereocenters. The van der Waals surface area contributed by atoms with E-state index in [0.29, 0.717) is 32.5 Å². The van der Waals surface area contributed by atoms with E-state index in [2.05, 4.69) is 33.8 Å². The number of nitrogens with one attached hydrogen (secondary N) is 2. The molecule has 0 aliphatic carbocycles. The Balaban J connectivity index is 0.00000226. The van der Waals surface area contributed by atoms with Gasteiger partial charge in [-0.2, -0.15) is 0 Å². The highest BCUT2D eigenvalue weighted by molar-refractivity contribution is 7.23. The lowest BCUT2D eigenvalue weighted by Gasteiger charge is -2.39. The maximum atomic E-state index is 13.3. The number of nitrogens with zero attached hydrogens (tertiary/aromatic N) is 3. The number of rotatable bonds is 9. The first-order valence-corrected chi connectivity index (χ1v) is 17.2. The van der Waals surface area contributed by atoms with Crippen molar-refractivity contribution in [2.24, 2.45) is 0 Å². The fourth-order valence-corrected chi connectivity index (χ4v) is 7.72. The predicted octanol–water partition coefficient (Wildman–Crippen LogP) is 7.92. The highest BCUT2D eigenvalue weighted by Gasteiger charge is 2.39. The molecule has 0 bridgehead atoms. The monoisotopic (exact) mass is 651 g/mol. The first-order chi connectivity index (χ1) is 21.6. The van der Waals surface area contributed by atoms with Crippen molar-refractivity contribution in [3.63, 3.8) is 0 Å². The number of anilines is 1. The molecule has 4 heterocycles. The predicted molar refractivity (Wildman–Crippen MR) is 185 cm³/mol. The summed E-state index contributed by atoms with van der Waals surface area (Å²) < 4.78 is 11.9. The fourth-order valence-electron chi connectivity index (χ4n) is 5.33. The number of hydrogen-bond donors (Lipinski definition) is 2. The Kier molecular flexibility index (Phi) is 11.7. The summed E-state index contributed by atoms with van der Waals surface area (Å²) in [5, 5.41) is 8.04. The van der Waals surface area contributed by atoms with Crippen molar-refractivity contribution in [1.82, 2.24) is 20.2 Å². The van der Waals surface area contributed by atoms with Crippen LogP contribution in [0.3, 0.4) is 0 Å². The second kappa shape index (κ2) is 15.3. The number of ether oxygens (including phenoxy) is 2. The van der Waals surface area contributed by atoms with E-state index < -0.39 is 5.60 Å². The Labute approximate surface area is 274 Å². The summed E-state index contributed by atoms with van der Waals surface area (Å²) in [6, 6.07) is 9.92. The minimum absolute atomic E-state index is 0.0746. The summed E-state index contributed by atoms with van der Waals surface area (Å²) in [5.74, 6) is -0.0746. The Morgan fingerprint density at radius 3 is 2.56 bits per heavy atom. The third-order valence-electron chi connectivity index (χ3n) is 7.27. The number of hydrogen-bond acceptors (Lipinski definition) is 9. The maximum absolute atomic E-state index is 13.3. The number of amides is 2. The van der Waals surface area contributed by atoms with Crippen LogP contribution in [0.5, 0.6) is 0 Å². The van der Waals surface area contributed by atoms with Crippen LogP contribution >= 0.6 is 22.7 Å². The van der Waals surface area contributed by atoms with Gasteiger partial charge in [-0.05, 0) is 70.4 Å². The van der Waals surface area contributed by atoms with Crippen LogP contribution in [0.1, 0.15) is 71.4 Å². The van der Waals surface area contributed by atoms with Crippen LogP contribution in [0.25, 0.3) is 31.9 Å². The van der Waals surface area contributed by atoms with Crippen LogP contribution < -0.4 is 10.6 Å². The lowest BCUT2D eigenvalue weighted by Crippen LogP contribution is -2.46. The molecule has 1 aliphatic rings. The van der Waals surface area contributed by atoms with Gasteiger partial charge in [-0.25, -0.2) is 9.78 Å². The molecule has 0 spiro atoms. The lowest BCUT2D eigenvalue weighted by molar-refractivity contribution is -0.116. The van der Waals surface area contributed by atoms with Gasteiger partial charge in [0.15, 0.2) is 0 Å². The molecule has 4 aromatic rings. The van der Waals surface area contributed by atoms with Gasteiger partial charge in [-0.3, -0.25) is 14.7 Å². The number of thiazole rings is 1. The van der Waals surface area contributed by atoms with E-state index >= 15 is 0 Å². The molecular weight excluding hydrogens is 607 g/mol. The standard InChI is InChI=1S/C32H39N5O4S2.C2H6/c1-19-16-23-27(29-35-24-17-21(9-10-25(24)42-29)22-8-7-12-34-18-22)30(36-26(38)11-13-33-14-15-40-6)43-28(23)20(2)37(19)31(39)41-32(3,4)5;1-2/h7-10,12,17-20,33H,11,13-16H2,1-6H3,(H,36,38);1-2H3. The van der Waals surface area contributed by atoms with Crippen LogP contribution in [-0.2, 0) is 20.7 Å². The molecule has 2 unspecified atom stereocenters. The van der Waals surface area contributed by atoms with E-state index in [9.17, 15) is 9.59 Å². The molecule has 2 N–H and O–H groups in total. The quantitative estimate of drug-likeness (QED) is 0.177. The zero-order valence-electron chi connectivity index (χ0n) is 27.5. The van der Waals surface area contributed by atoms with Gasteiger partial charge in [0.2, 0.25) is 5.91 Å². The molecule has 0 radical (unpaired) electrons. The van der Waals surface area contributed by atoms with Gasteiger partial charge in [0.1, 0.15) is 15.6 Å². The highest BCUT2D eigenvalue weighted by Crippen LogP contribution is 2.50. The summed E-state index contributed by atoms with van der Waals surface area (Å²) in [6.45, 7) is 15.5. The summed E-state index contributed by atoms with van der Waals surface area (Å²) >= 11 is 3.14. The van der Waals surface area contributed by atoms with E-state index in [1.165, 1.54) is 11.3 Å². The molecule has 0 saturated carbocycles. The molecule has 1 aromatic carbocycles. The van der Waals surface area contributed by atoms with E-state index in [4.69, 9.17) is 14.5 Å². The molecule has 11 heteroatoms. The lowest BCUT2D eigenvalue weighted by atomic mass is 9.93. The number of aromatic nitrogens is 2. The molecule has 0 saturated heterocycles. The number of carbonyl (C=O) groups is 2. The molecule has 9 nitrogen and oxygen atoms in total. The van der Waals surface area contributed by atoms with Gasteiger partial charge in [-0.1, -0.05) is 26.0 Å². The second-order valence-electron chi connectivity index (χ2n) is 11.7. The topological polar surface area (TPSA) is 106 Å². The van der Waals surface area contributed by atoms with Crippen LogP contribution in [0.4, 0.5) is 9.80 Å². The van der Waals surface area contributed by atoms with Crippen LogP contribution in [0.2, 0.25) is 0 Å². The number of thiophene rings is 1. The van der Waals surface area contributed by atoms with E-state index in [1.807, 2.05) is 71.7 Å². The minimum atomic E-state index is -0.594. The highest BCUT2D eigenvalue weighted by atomic mass is 32.1. The van der Waals surface area contributed by atoms with Crippen LogP contribution in [0.15, 0.2) is 42.7 Å². The third kappa shape index (κ3) is 8.26.